The fraction of sp³-hybridized carbons (Fsp3) is 0.333. The van der Waals surface area contributed by atoms with Crippen molar-refractivity contribution in [3.05, 3.63) is 92.0 Å². The number of sulfonamides is 1. The van der Waals surface area contributed by atoms with Crippen LogP contribution in [0.3, 0.4) is 0 Å². The molecule has 44 heavy (non-hydrogen) atoms. The van der Waals surface area contributed by atoms with Crippen LogP contribution in [0.25, 0.3) is 0 Å². The van der Waals surface area contributed by atoms with Crippen molar-refractivity contribution in [1.82, 2.24) is 10.2 Å². The predicted molar refractivity (Wildman–Crippen MR) is 170 cm³/mol. The molecular formula is C30H34Cl2N4O7S. The molecule has 1 atom stereocenters. The number of carbonyl (C=O) groups excluding carboxylic acids is 2. The second kappa shape index (κ2) is 14.7. The van der Waals surface area contributed by atoms with Gasteiger partial charge in [-0.25, -0.2) is 8.42 Å². The van der Waals surface area contributed by atoms with Gasteiger partial charge in [0.05, 0.1) is 22.6 Å². The van der Waals surface area contributed by atoms with E-state index in [4.69, 9.17) is 27.9 Å². The molecule has 0 bridgehead atoms. The Morgan fingerprint density at radius 1 is 1.05 bits per heavy atom. The second-order valence-electron chi connectivity index (χ2n) is 10.2. The van der Waals surface area contributed by atoms with E-state index < -0.39 is 45.0 Å². The van der Waals surface area contributed by atoms with Crippen molar-refractivity contribution in [2.24, 2.45) is 0 Å². The number of rotatable bonds is 13. The van der Waals surface area contributed by atoms with Crippen molar-refractivity contribution in [2.45, 2.75) is 57.6 Å². The number of methoxy groups -OCH3 is 1. The Morgan fingerprint density at radius 2 is 1.66 bits per heavy atom. The Bertz CT molecular complexity index is 1610. The summed E-state index contributed by atoms with van der Waals surface area (Å²) in [6, 6.07) is 13.1. The van der Waals surface area contributed by atoms with Gasteiger partial charge in [0.2, 0.25) is 11.8 Å². The van der Waals surface area contributed by atoms with E-state index >= 15 is 0 Å². The molecule has 0 aliphatic carbocycles. The Morgan fingerprint density at radius 3 is 2.18 bits per heavy atom. The van der Waals surface area contributed by atoms with Crippen LogP contribution in [0.1, 0.15) is 38.3 Å². The molecule has 1 N–H and O–H groups in total. The SMILES string of the molecule is CCC(C(=O)NC(C)C)N(Cc1c(Cl)cccc1Cl)C(=O)CN(c1ccc(OC)cc1)S(=O)(=O)c1ccc(C)c([N+](=O)[O-])c1. The monoisotopic (exact) mass is 664 g/mol. The Balaban J connectivity index is 2.16. The number of nitrogens with zero attached hydrogens (tertiary/aromatic N) is 3. The normalized spacial score (nSPS) is 12.0. The zero-order chi connectivity index (χ0) is 32.8. The van der Waals surface area contributed by atoms with E-state index in [1.54, 1.807) is 39.0 Å². The molecule has 0 spiro atoms. The maximum atomic E-state index is 14.2. The van der Waals surface area contributed by atoms with Crippen LogP contribution >= 0.6 is 23.2 Å². The highest BCUT2D eigenvalue weighted by Gasteiger charge is 2.35. The summed E-state index contributed by atoms with van der Waals surface area (Å²) < 4.78 is 34.2. The molecule has 3 rings (SSSR count). The average Bonchev–Trinajstić information content (AvgIpc) is 2.96. The summed E-state index contributed by atoms with van der Waals surface area (Å²) in [6.45, 7) is 5.84. The van der Waals surface area contributed by atoms with Gasteiger partial charge in [-0.05, 0) is 69.7 Å². The van der Waals surface area contributed by atoms with Crippen LogP contribution < -0.4 is 14.4 Å². The number of benzene rings is 3. The highest BCUT2D eigenvalue weighted by Crippen LogP contribution is 2.31. The second-order valence-corrected chi connectivity index (χ2v) is 12.9. The minimum Gasteiger partial charge on any atom is -0.497 e. The minimum absolute atomic E-state index is 0.0952. The predicted octanol–water partition coefficient (Wildman–Crippen LogP) is 5.75. The summed E-state index contributed by atoms with van der Waals surface area (Å²) in [5, 5.41) is 15.0. The van der Waals surface area contributed by atoms with Crippen molar-refractivity contribution in [2.75, 3.05) is 18.0 Å². The number of nitro benzene ring substituents is 1. The molecule has 0 aliphatic heterocycles. The van der Waals surface area contributed by atoms with Crippen LogP contribution in [0.15, 0.2) is 65.6 Å². The molecule has 0 heterocycles. The van der Waals surface area contributed by atoms with Crippen LogP contribution in [0.5, 0.6) is 5.75 Å². The number of carbonyl (C=O) groups is 2. The number of halogens is 2. The van der Waals surface area contributed by atoms with Crippen molar-refractivity contribution < 1.29 is 27.7 Å². The topological polar surface area (TPSA) is 139 Å². The molecule has 11 nitrogen and oxygen atoms in total. The molecule has 3 aromatic carbocycles. The lowest BCUT2D eigenvalue weighted by molar-refractivity contribution is -0.385. The molecule has 0 aromatic heterocycles. The minimum atomic E-state index is -4.55. The zero-order valence-corrected chi connectivity index (χ0v) is 27.2. The maximum absolute atomic E-state index is 14.2. The van der Waals surface area contributed by atoms with Gasteiger partial charge in [-0.3, -0.25) is 24.0 Å². The van der Waals surface area contributed by atoms with Crippen molar-refractivity contribution in [1.29, 1.82) is 0 Å². The first-order valence-electron chi connectivity index (χ1n) is 13.7. The van der Waals surface area contributed by atoms with E-state index in [1.165, 1.54) is 55.3 Å². The van der Waals surface area contributed by atoms with Crippen LogP contribution in [0, 0.1) is 17.0 Å². The van der Waals surface area contributed by atoms with Crippen LogP contribution in [0.2, 0.25) is 10.0 Å². The summed E-state index contributed by atoms with van der Waals surface area (Å²) in [7, 11) is -3.10. The van der Waals surface area contributed by atoms with Gasteiger partial charge in [0.25, 0.3) is 15.7 Å². The number of nitro groups is 1. The van der Waals surface area contributed by atoms with Gasteiger partial charge < -0.3 is 15.0 Å². The summed E-state index contributed by atoms with van der Waals surface area (Å²) >= 11 is 12.9. The number of hydrogen-bond acceptors (Lipinski definition) is 7. The van der Waals surface area contributed by atoms with Gasteiger partial charge in [0, 0.05) is 39.8 Å². The molecule has 3 aromatic rings. The third kappa shape index (κ3) is 7.99. The van der Waals surface area contributed by atoms with E-state index in [0.29, 0.717) is 11.3 Å². The molecule has 0 saturated heterocycles. The molecule has 0 saturated carbocycles. The summed E-state index contributed by atoms with van der Waals surface area (Å²) in [5.74, 6) is -0.727. The number of anilines is 1. The van der Waals surface area contributed by atoms with Gasteiger partial charge in [-0.2, -0.15) is 0 Å². The Hall–Kier alpha value is -3.87. The van der Waals surface area contributed by atoms with Gasteiger partial charge in [-0.1, -0.05) is 42.3 Å². The standard InChI is InChI=1S/C30H34Cl2N4O7S/c1-6-27(30(38)33-19(2)3)34(17-24-25(31)8-7-9-26(24)32)29(37)18-35(21-11-13-22(43-5)14-12-21)44(41,42)23-15-10-20(4)28(16-23)36(39)40/h7-16,19,27H,6,17-18H2,1-5H3,(H,33,38). The number of aryl methyl sites for hydroxylation is 1. The Kier molecular flexibility index (Phi) is 11.6. The lowest BCUT2D eigenvalue weighted by atomic mass is 10.1. The Labute approximate surface area is 266 Å². The van der Waals surface area contributed by atoms with E-state index in [2.05, 4.69) is 5.32 Å². The first kappa shape index (κ1) is 34.6. The summed E-state index contributed by atoms with van der Waals surface area (Å²) in [6.07, 6.45) is 0.200. The van der Waals surface area contributed by atoms with E-state index in [9.17, 15) is 28.1 Å². The quantitative estimate of drug-likeness (QED) is 0.181. The van der Waals surface area contributed by atoms with E-state index in [-0.39, 0.29) is 45.2 Å². The first-order valence-corrected chi connectivity index (χ1v) is 15.8. The molecule has 2 amide bonds. The zero-order valence-electron chi connectivity index (χ0n) is 24.9. The first-order chi connectivity index (χ1) is 20.7. The van der Waals surface area contributed by atoms with Gasteiger partial charge in [0.1, 0.15) is 18.3 Å². The third-order valence-electron chi connectivity index (χ3n) is 6.81. The van der Waals surface area contributed by atoms with Crippen LogP contribution in [0.4, 0.5) is 11.4 Å². The number of nitrogens with one attached hydrogen (secondary N) is 1. The molecule has 0 fully saturated rings. The summed E-state index contributed by atoms with van der Waals surface area (Å²) in [5.41, 5.74) is 0.357. The lowest BCUT2D eigenvalue weighted by Gasteiger charge is -2.34. The molecule has 0 aliphatic rings. The molecule has 1 unspecified atom stereocenters. The highest BCUT2D eigenvalue weighted by atomic mass is 35.5. The van der Waals surface area contributed by atoms with Crippen molar-refractivity contribution in [3.63, 3.8) is 0 Å². The smallest absolute Gasteiger partial charge is 0.273 e. The fourth-order valence-corrected chi connectivity index (χ4v) is 6.46. The summed E-state index contributed by atoms with van der Waals surface area (Å²) in [4.78, 5) is 39.3. The third-order valence-corrected chi connectivity index (χ3v) is 9.29. The van der Waals surface area contributed by atoms with Crippen molar-refractivity contribution in [3.8, 4) is 5.75 Å². The molecular weight excluding hydrogens is 631 g/mol. The largest absolute Gasteiger partial charge is 0.497 e. The number of amides is 2. The van der Waals surface area contributed by atoms with E-state index in [1.807, 2.05) is 0 Å². The molecule has 14 heteroatoms. The highest BCUT2D eigenvalue weighted by molar-refractivity contribution is 7.92. The number of ether oxygens (including phenoxy) is 1. The average molecular weight is 666 g/mol. The van der Waals surface area contributed by atoms with Gasteiger partial charge in [0.15, 0.2) is 0 Å². The van der Waals surface area contributed by atoms with Crippen molar-refractivity contribution >= 4 is 56.4 Å². The molecule has 236 valence electrons. The molecule has 0 radical (unpaired) electrons. The van der Waals surface area contributed by atoms with E-state index in [0.717, 1.165) is 10.4 Å². The maximum Gasteiger partial charge on any atom is 0.273 e. The van der Waals surface area contributed by atoms with Gasteiger partial charge >= 0.3 is 0 Å². The van der Waals surface area contributed by atoms with Gasteiger partial charge in [-0.15, -0.1) is 0 Å². The van der Waals surface area contributed by atoms with Crippen LogP contribution in [-0.2, 0) is 26.2 Å². The number of hydrogen-bond donors (Lipinski definition) is 1. The van der Waals surface area contributed by atoms with Crippen LogP contribution in [-0.4, -0.2) is 55.8 Å². The lowest BCUT2D eigenvalue weighted by Crippen LogP contribution is -2.53. The fourth-order valence-electron chi connectivity index (χ4n) is 4.50.